The van der Waals surface area contributed by atoms with E-state index in [0.717, 1.165) is 5.33 Å². The van der Waals surface area contributed by atoms with E-state index in [4.69, 9.17) is 0 Å². The standard InChI is InChI=1S/C9H9BrN2/c1-9(11-12-9)8-4-2-7(6-10)3-5-8/h2-5H,6H2,1H3. The van der Waals surface area contributed by atoms with Crippen LogP contribution in [0.5, 0.6) is 0 Å². The number of nitrogens with zero attached hydrogens (tertiary/aromatic N) is 2. The highest BCUT2D eigenvalue weighted by molar-refractivity contribution is 9.08. The maximum Gasteiger partial charge on any atom is 0.213 e. The topological polar surface area (TPSA) is 24.7 Å². The summed E-state index contributed by atoms with van der Waals surface area (Å²) in [5, 5.41) is 8.85. The van der Waals surface area contributed by atoms with Crippen LogP contribution in [0.15, 0.2) is 34.5 Å². The molecule has 2 nitrogen and oxygen atoms in total. The summed E-state index contributed by atoms with van der Waals surface area (Å²) in [7, 11) is 0. The van der Waals surface area contributed by atoms with Crippen LogP contribution in [0.25, 0.3) is 0 Å². The molecule has 0 unspecified atom stereocenters. The quantitative estimate of drug-likeness (QED) is 0.690. The van der Waals surface area contributed by atoms with Crippen molar-refractivity contribution in [1.29, 1.82) is 0 Å². The molecule has 0 N–H and O–H groups in total. The van der Waals surface area contributed by atoms with Gasteiger partial charge in [-0.05, 0) is 12.5 Å². The van der Waals surface area contributed by atoms with Gasteiger partial charge in [0.05, 0.1) is 0 Å². The van der Waals surface area contributed by atoms with Crippen LogP contribution >= 0.6 is 15.9 Å². The van der Waals surface area contributed by atoms with E-state index < -0.39 is 0 Å². The molecule has 0 spiro atoms. The van der Waals surface area contributed by atoms with Crippen LogP contribution in [0.2, 0.25) is 0 Å². The van der Waals surface area contributed by atoms with E-state index in [0.29, 0.717) is 0 Å². The van der Waals surface area contributed by atoms with Crippen molar-refractivity contribution in [3.8, 4) is 0 Å². The van der Waals surface area contributed by atoms with E-state index in [1.54, 1.807) is 0 Å². The van der Waals surface area contributed by atoms with Gasteiger partial charge in [0.25, 0.3) is 0 Å². The summed E-state index contributed by atoms with van der Waals surface area (Å²) in [5.41, 5.74) is 2.22. The van der Waals surface area contributed by atoms with Crippen LogP contribution < -0.4 is 0 Å². The van der Waals surface area contributed by atoms with Crippen molar-refractivity contribution in [3.63, 3.8) is 0 Å². The fraction of sp³-hybridized carbons (Fsp3) is 0.333. The molecule has 1 aliphatic heterocycles. The lowest BCUT2D eigenvalue weighted by Gasteiger charge is -2.03. The molecule has 0 aliphatic carbocycles. The summed E-state index contributed by atoms with van der Waals surface area (Å²) >= 11 is 3.40. The fourth-order valence-corrected chi connectivity index (χ4v) is 1.47. The molecule has 0 bridgehead atoms. The van der Waals surface area contributed by atoms with Gasteiger partial charge in [0.15, 0.2) is 0 Å². The van der Waals surface area contributed by atoms with E-state index in [-0.39, 0.29) is 5.66 Å². The van der Waals surface area contributed by atoms with Gasteiger partial charge in [0, 0.05) is 10.9 Å². The van der Waals surface area contributed by atoms with E-state index in [1.807, 2.05) is 6.92 Å². The molecule has 0 saturated heterocycles. The van der Waals surface area contributed by atoms with Gasteiger partial charge >= 0.3 is 0 Å². The predicted octanol–water partition coefficient (Wildman–Crippen LogP) is 3.22. The fourth-order valence-electron chi connectivity index (χ4n) is 1.10. The Morgan fingerprint density at radius 2 is 1.83 bits per heavy atom. The molecule has 0 fully saturated rings. The van der Waals surface area contributed by atoms with Gasteiger partial charge in [-0.25, -0.2) is 0 Å². The number of benzene rings is 1. The molecule has 0 atom stereocenters. The predicted molar refractivity (Wildman–Crippen MR) is 51.3 cm³/mol. The van der Waals surface area contributed by atoms with E-state index in [1.165, 1.54) is 11.1 Å². The van der Waals surface area contributed by atoms with Crippen molar-refractivity contribution >= 4 is 15.9 Å². The van der Waals surface area contributed by atoms with Crippen molar-refractivity contribution in [3.05, 3.63) is 35.4 Å². The first kappa shape index (κ1) is 7.92. The van der Waals surface area contributed by atoms with Gasteiger partial charge in [0.1, 0.15) is 0 Å². The van der Waals surface area contributed by atoms with E-state index in [2.05, 4.69) is 50.4 Å². The summed E-state index contributed by atoms with van der Waals surface area (Å²) in [6.45, 7) is 2.01. The summed E-state index contributed by atoms with van der Waals surface area (Å²) < 4.78 is 0. The van der Waals surface area contributed by atoms with Crippen molar-refractivity contribution in [2.45, 2.75) is 17.9 Å². The third-order valence-corrected chi connectivity index (χ3v) is 2.70. The Morgan fingerprint density at radius 3 is 2.25 bits per heavy atom. The molecular weight excluding hydrogens is 216 g/mol. The van der Waals surface area contributed by atoms with Gasteiger partial charge in [-0.1, -0.05) is 40.2 Å². The molecule has 62 valence electrons. The van der Waals surface area contributed by atoms with E-state index in [9.17, 15) is 0 Å². The molecule has 2 rings (SSSR count). The molecule has 1 aromatic carbocycles. The second-order valence-corrected chi connectivity index (χ2v) is 3.61. The smallest absolute Gasteiger partial charge is 0.154 e. The maximum absolute atomic E-state index is 3.97. The molecule has 1 aromatic rings. The maximum atomic E-state index is 3.97. The SMILES string of the molecule is CC1(c2ccc(CBr)cc2)N=N1. The zero-order valence-electron chi connectivity index (χ0n) is 6.79. The molecule has 12 heavy (non-hydrogen) atoms. The summed E-state index contributed by atoms with van der Waals surface area (Å²) in [5.74, 6) is 0. The Kier molecular flexibility index (Phi) is 1.76. The van der Waals surface area contributed by atoms with Crippen LogP contribution in [0.4, 0.5) is 0 Å². The number of hydrogen-bond acceptors (Lipinski definition) is 2. The Hall–Kier alpha value is -0.700. The van der Waals surface area contributed by atoms with Crippen molar-refractivity contribution < 1.29 is 0 Å². The van der Waals surface area contributed by atoms with Crippen LogP contribution in [0.3, 0.4) is 0 Å². The molecule has 0 saturated carbocycles. The summed E-state index contributed by atoms with van der Waals surface area (Å²) in [6.07, 6.45) is 0. The van der Waals surface area contributed by atoms with Crippen molar-refractivity contribution in [1.82, 2.24) is 0 Å². The normalized spacial score (nSPS) is 17.8. The molecular formula is C9H9BrN2. The van der Waals surface area contributed by atoms with Gasteiger partial charge < -0.3 is 0 Å². The molecule has 0 amide bonds. The monoisotopic (exact) mass is 224 g/mol. The van der Waals surface area contributed by atoms with Gasteiger partial charge in [-0.2, -0.15) is 10.2 Å². The second-order valence-electron chi connectivity index (χ2n) is 3.05. The first-order chi connectivity index (χ1) is 5.74. The van der Waals surface area contributed by atoms with Gasteiger partial charge in [0.2, 0.25) is 5.66 Å². The van der Waals surface area contributed by atoms with Crippen molar-refractivity contribution in [2.24, 2.45) is 10.2 Å². The minimum absolute atomic E-state index is 0.231. The Balaban J connectivity index is 2.25. The highest BCUT2D eigenvalue weighted by Gasteiger charge is 2.35. The molecule has 0 aromatic heterocycles. The minimum Gasteiger partial charge on any atom is -0.154 e. The minimum atomic E-state index is -0.231. The number of hydrogen-bond donors (Lipinski definition) is 0. The first-order valence-corrected chi connectivity index (χ1v) is 4.96. The Morgan fingerprint density at radius 1 is 1.25 bits per heavy atom. The summed E-state index contributed by atoms with van der Waals surface area (Å²) in [6, 6.07) is 8.35. The first-order valence-electron chi connectivity index (χ1n) is 3.84. The zero-order chi connectivity index (χ0) is 8.60. The van der Waals surface area contributed by atoms with Crippen LogP contribution in [-0.4, -0.2) is 0 Å². The molecule has 3 heteroatoms. The third kappa shape index (κ3) is 1.29. The highest BCUT2D eigenvalue weighted by atomic mass is 79.9. The van der Waals surface area contributed by atoms with Crippen LogP contribution in [-0.2, 0) is 11.0 Å². The lowest BCUT2D eigenvalue weighted by molar-refractivity contribution is 0.729. The van der Waals surface area contributed by atoms with Crippen molar-refractivity contribution in [2.75, 3.05) is 0 Å². The molecule has 0 radical (unpaired) electrons. The van der Waals surface area contributed by atoms with Crippen LogP contribution in [0.1, 0.15) is 18.1 Å². The Bertz CT molecular complexity index is 310. The van der Waals surface area contributed by atoms with Gasteiger partial charge in [-0.15, -0.1) is 0 Å². The molecule has 1 aliphatic rings. The lowest BCUT2D eigenvalue weighted by Crippen LogP contribution is -2.00. The highest BCUT2D eigenvalue weighted by Crippen LogP contribution is 2.38. The van der Waals surface area contributed by atoms with E-state index >= 15 is 0 Å². The number of alkyl halides is 1. The van der Waals surface area contributed by atoms with Gasteiger partial charge in [-0.3, -0.25) is 0 Å². The Labute approximate surface area is 79.8 Å². The molecule has 1 heterocycles. The average Bonchev–Trinajstić information content (AvgIpc) is 2.85. The number of rotatable bonds is 2. The lowest BCUT2D eigenvalue weighted by atomic mass is 10.0. The van der Waals surface area contributed by atoms with Crippen LogP contribution in [0, 0.1) is 0 Å². The third-order valence-electron chi connectivity index (χ3n) is 2.06. The largest absolute Gasteiger partial charge is 0.213 e. The summed E-state index contributed by atoms with van der Waals surface area (Å²) in [4.78, 5) is 0. The second kappa shape index (κ2) is 2.66. The number of halogens is 1. The zero-order valence-corrected chi connectivity index (χ0v) is 8.37. The average molecular weight is 225 g/mol.